The van der Waals surface area contributed by atoms with Gasteiger partial charge in [-0.3, -0.25) is 4.98 Å². The molecule has 0 spiro atoms. The summed E-state index contributed by atoms with van der Waals surface area (Å²) in [6, 6.07) is 10.4. The first-order chi connectivity index (χ1) is 10.2. The molecule has 112 valence electrons. The zero-order valence-corrected chi connectivity index (χ0v) is 13.1. The maximum absolute atomic E-state index is 5.53. The van der Waals surface area contributed by atoms with Crippen molar-refractivity contribution in [2.24, 2.45) is 0 Å². The molecule has 1 aromatic heterocycles. The van der Waals surface area contributed by atoms with E-state index in [0.717, 1.165) is 12.3 Å². The highest BCUT2D eigenvalue weighted by Gasteiger charge is 2.17. The molecule has 4 nitrogen and oxygen atoms in total. The van der Waals surface area contributed by atoms with E-state index in [1.165, 1.54) is 16.8 Å². The molecular formula is C17H23N3O. The van der Waals surface area contributed by atoms with Crippen LogP contribution in [-0.2, 0) is 6.54 Å². The minimum absolute atomic E-state index is 0.215. The van der Waals surface area contributed by atoms with Gasteiger partial charge in [0, 0.05) is 43.3 Å². The second kappa shape index (κ2) is 7.09. The monoisotopic (exact) mass is 285 g/mol. The summed E-state index contributed by atoms with van der Waals surface area (Å²) in [6.45, 7) is 2.95. The first kappa shape index (κ1) is 15.3. The van der Waals surface area contributed by atoms with Crippen LogP contribution in [0.3, 0.4) is 0 Å². The number of nitrogens with zero attached hydrogens (tertiary/aromatic N) is 2. The topological polar surface area (TPSA) is 37.4 Å². The Bertz CT molecular complexity index is 572. The molecule has 0 radical (unpaired) electrons. The lowest BCUT2D eigenvalue weighted by Crippen LogP contribution is -2.22. The molecule has 2 aromatic rings. The van der Waals surface area contributed by atoms with Gasteiger partial charge in [-0.2, -0.15) is 0 Å². The van der Waals surface area contributed by atoms with Gasteiger partial charge in [0.15, 0.2) is 0 Å². The molecule has 21 heavy (non-hydrogen) atoms. The van der Waals surface area contributed by atoms with Crippen molar-refractivity contribution in [3.05, 3.63) is 53.9 Å². The number of methoxy groups -OCH3 is 1. The Kier molecular flexibility index (Phi) is 5.17. The summed E-state index contributed by atoms with van der Waals surface area (Å²) in [5.74, 6) is 0.910. The largest absolute Gasteiger partial charge is 0.496 e. The van der Waals surface area contributed by atoms with Gasteiger partial charge in [-0.1, -0.05) is 12.1 Å². The van der Waals surface area contributed by atoms with Crippen molar-refractivity contribution in [3.8, 4) is 5.75 Å². The summed E-state index contributed by atoms with van der Waals surface area (Å²) in [5, 5.41) is 3.30. The molecule has 1 N–H and O–H groups in total. The van der Waals surface area contributed by atoms with E-state index in [2.05, 4.69) is 41.3 Å². The molecule has 1 unspecified atom stereocenters. The summed E-state index contributed by atoms with van der Waals surface area (Å²) < 4.78 is 5.53. The summed E-state index contributed by atoms with van der Waals surface area (Å²) in [5.41, 5.74) is 3.53. The van der Waals surface area contributed by atoms with Crippen molar-refractivity contribution < 1.29 is 4.74 Å². The first-order valence-corrected chi connectivity index (χ1v) is 7.11. The molecule has 0 saturated carbocycles. The average Bonchev–Trinajstić information content (AvgIpc) is 2.54. The van der Waals surface area contributed by atoms with Crippen molar-refractivity contribution in [1.29, 1.82) is 0 Å². The molecule has 1 heterocycles. The standard InChI is InChI=1S/C17H23N3O/c1-13(18-2)17-15(8-5-9-16(17)21-4)20(3)12-14-7-6-10-19-11-14/h5-11,13,18H,12H2,1-4H3. The number of benzene rings is 1. The third kappa shape index (κ3) is 3.52. The average molecular weight is 285 g/mol. The molecule has 0 amide bonds. The van der Waals surface area contributed by atoms with Crippen LogP contribution in [-0.4, -0.2) is 26.2 Å². The summed E-state index contributed by atoms with van der Waals surface area (Å²) in [7, 11) is 5.77. The minimum atomic E-state index is 0.215. The van der Waals surface area contributed by atoms with E-state index < -0.39 is 0 Å². The Balaban J connectivity index is 2.34. The number of nitrogens with one attached hydrogen (secondary N) is 1. The molecule has 0 aliphatic rings. The summed E-state index contributed by atoms with van der Waals surface area (Å²) in [4.78, 5) is 6.40. The van der Waals surface area contributed by atoms with E-state index in [-0.39, 0.29) is 6.04 Å². The van der Waals surface area contributed by atoms with Gasteiger partial charge in [-0.25, -0.2) is 0 Å². The quantitative estimate of drug-likeness (QED) is 0.885. The lowest BCUT2D eigenvalue weighted by molar-refractivity contribution is 0.404. The van der Waals surface area contributed by atoms with Crippen molar-refractivity contribution >= 4 is 5.69 Å². The Hall–Kier alpha value is -2.07. The predicted molar refractivity (Wildman–Crippen MR) is 86.8 cm³/mol. The van der Waals surface area contributed by atoms with Crippen LogP contribution in [0.5, 0.6) is 5.75 Å². The van der Waals surface area contributed by atoms with Crippen LogP contribution in [0.2, 0.25) is 0 Å². The Morgan fingerprint density at radius 3 is 2.71 bits per heavy atom. The molecule has 1 aromatic carbocycles. The zero-order chi connectivity index (χ0) is 15.2. The molecule has 1 atom stereocenters. The van der Waals surface area contributed by atoms with Gasteiger partial charge < -0.3 is 15.0 Å². The van der Waals surface area contributed by atoms with E-state index in [0.29, 0.717) is 0 Å². The number of rotatable bonds is 6. The maximum atomic E-state index is 5.53. The van der Waals surface area contributed by atoms with Gasteiger partial charge in [-0.05, 0) is 37.7 Å². The van der Waals surface area contributed by atoms with Crippen molar-refractivity contribution in [3.63, 3.8) is 0 Å². The van der Waals surface area contributed by atoms with E-state index in [4.69, 9.17) is 4.74 Å². The summed E-state index contributed by atoms with van der Waals surface area (Å²) in [6.07, 6.45) is 3.70. The highest BCUT2D eigenvalue weighted by molar-refractivity contribution is 5.60. The van der Waals surface area contributed by atoms with Crippen LogP contribution in [0.15, 0.2) is 42.7 Å². The van der Waals surface area contributed by atoms with E-state index in [1.807, 2.05) is 31.4 Å². The molecular weight excluding hydrogens is 262 g/mol. The van der Waals surface area contributed by atoms with Crippen molar-refractivity contribution in [2.75, 3.05) is 26.1 Å². The molecule has 2 rings (SSSR count). The Morgan fingerprint density at radius 1 is 1.29 bits per heavy atom. The number of aromatic nitrogens is 1. The van der Waals surface area contributed by atoms with Gasteiger partial charge >= 0.3 is 0 Å². The fraction of sp³-hybridized carbons (Fsp3) is 0.353. The lowest BCUT2D eigenvalue weighted by atomic mass is 10.0. The number of anilines is 1. The highest BCUT2D eigenvalue weighted by Crippen LogP contribution is 2.34. The lowest BCUT2D eigenvalue weighted by Gasteiger charge is -2.26. The van der Waals surface area contributed by atoms with Crippen LogP contribution < -0.4 is 15.0 Å². The molecule has 0 bridgehead atoms. The number of hydrogen-bond acceptors (Lipinski definition) is 4. The second-order valence-electron chi connectivity index (χ2n) is 5.12. The van der Waals surface area contributed by atoms with Gasteiger partial charge in [0.2, 0.25) is 0 Å². The minimum Gasteiger partial charge on any atom is -0.496 e. The van der Waals surface area contributed by atoms with Gasteiger partial charge in [-0.15, -0.1) is 0 Å². The summed E-state index contributed by atoms with van der Waals surface area (Å²) >= 11 is 0. The Morgan fingerprint density at radius 2 is 2.10 bits per heavy atom. The molecule has 0 aliphatic heterocycles. The van der Waals surface area contributed by atoms with E-state index in [9.17, 15) is 0 Å². The van der Waals surface area contributed by atoms with Gasteiger partial charge in [0.05, 0.1) is 7.11 Å². The smallest absolute Gasteiger partial charge is 0.125 e. The maximum Gasteiger partial charge on any atom is 0.125 e. The van der Waals surface area contributed by atoms with Gasteiger partial charge in [0.1, 0.15) is 5.75 Å². The SMILES string of the molecule is CNC(C)c1c(OC)cccc1N(C)Cc1cccnc1. The van der Waals surface area contributed by atoms with Crippen LogP contribution in [0.1, 0.15) is 24.1 Å². The van der Waals surface area contributed by atoms with Crippen molar-refractivity contribution in [2.45, 2.75) is 19.5 Å². The third-order valence-corrected chi connectivity index (χ3v) is 3.68. The molecule has 0 saturated heterocycles. The first-order valence-electron chi connectivity index (χ1n) is 7.11. The van der Waals surface area contributed by atoms with E-state index in [1.54, 1.807) is 13.3 Å². The third-order valence-electron chi connectivity index (χ3n) is 3.68. The number of ether oxygens (including phenoxy) is 1. The highest BCUT2D eigenvalue weighted by atomic mass is 16.5. The normalized spacial score (nSPS) is 12.0. The zero-order valence-electron chi connectivity index (χ0n) is 13.1. The van der Waals surface area contributed by atoms with E-state index >= 15 is 0 Å². The van der Waals surface area contributed by atoms with Crippen LogP contribution in [0.25, 0.3) is 0 Å². The van der Waals surface area contributed by atoms with Crippen molar-refractivity contribution in [1.82, 2.24) is 10.3 Å². The predicted octanol–water partition coefficient (Wildman–Crippen LogP) is 3.01. The number of pyridine rings is 1. The Labute approximate surface area is 126 Å². The molecule has 0 aliphatic carbocycles. The molecule has 0 fully saturated rings. The second-order valence-corrected chi connectivity index (χ2v) is 5.12. The van der Waals surface area contributed by atoms with Gasteiger partial charge in [0.25, 0.3) is 0 Å². The molecule has 4 heteroatoms. The van der Waals surface area contributed by atoms with Crippen LogP contribution in [0, 0.1) is 0 Å². The fourth-order valence-electron chi connectivity index (χ4n) is 2.47. The fourth-order valence-corrected chi connectivity index (χ4v) is 2.47. The number of hydrogen-bond donors (Lipinski definition) is 1. The van der Waals surface area contributed by atoms with Crippen LogP contribution in [0.4, 0.5) is 5.69 Å². The van der Waals surface area contributed by atoms with Crippen LogP contribution >= 0.6 is 0 Å².